The lowest BCUT2D eigenvalue weighted by Crippen LogP contribution is -2.41. The Kier molecular flexibility index (Phi) is 3.28. The molecule has 0 spiro atoms. The predicted octanol–water partition coefficient (Wildman–Crippen LogP) is 0.416. The third kappa shape index (κ3) is 2.83. The highest BCUT2D eigenvalue weighted by Gasteiger charge is 2.31. The number of aryl methyl sites for hydroxylation is 1. The molecule has 3 rings (SSSR count). The van der Waals surface area contributed by atoms with Crippen molar-refractivity contribution in [2.24, 2.45) is 5.92 Å². The van der Waals surface area contributed by atoms with E-state index in [9.17, 15) is 9.59 Å². The summed E-state index contributed by atoms with van der Waals surface area (Å²) in [6, 6.07) is 0.849. The third-order valence-corrected chi connectivity index (χ3v) is 3.50. The minimum absolute atomic E-state index is 0.0705. The molecule has 1 aliphatic carbocycles. The van der Waals surface area contributed by atoms with Gasteiger partial charge in [0.2, 0.25) is 5.82 Å². The van der Waals surface area contributed by atoms with Crippen molar-refractivity contribution in [1.29, 1.82) is 0 Å². The van der Waals surface area contributed by atoms with Crippen molar-refractivity contribution in [2.45, 2.75) is 32.2 Å². The number of rotatable bonds is 5. The van der Waals surface area contributed by atoms with Gasteiger partial charge in [0.05, 0.1) is 0 Å². The van der Waals surface area contributed by atoms with Gasteiger partial charge in [-0.05, 0) is 25.3 Å². The van der Waals surface area contributed by atoms with E-state index in [2.05, 4.69) is 20.4 Å². The molecule has 0 saturated heterocycles. The Balaban J connectivity index is 1.79. The van der Waals surface area contributed by atoms with Gasteiger partial charge in [0, 0.05) is 11.9 Å². The molecule has 0 aliphatic heterocycles. The molecule has 1 saturated carbocycles. The van der Waals surface area contributed by atoms with Gasteiger partial charge in [0.1, 0.15) is 6.04 Å². The maximum atomic E-state index is 12.1. The molecule has 0 radical (unpaired) electrons. The second kappa shape index (κ2) is 5.12. The molecule has 0 bridgehead atoms. The number of amides is 1. The SMILES string of the molecule is Cc1ccnc2nc(C(=O)NC(CC3CC3)C(=O)O)nn12. The molecule has 1 aliphatic rings. The summed E-state index contributed by atoms with van der Waals surface area (Å²) >= 11 is 0. The number of carboxylic acid groups (broad SMARTS) is 1. The van der Waals surface area contributed by atoms with Crippen LogP contribution in [0.25, 0.3) is 5.78 Å². The van der Waals surface area contributed by atoms with Crippen LogP contribution in [0.15, 0.2) is 12.3 Å². The smallest absolute Gasteiger partial charge is 0.326 e. The van der Waals surface area contributed by atoms with E-state index in [0.717, 1.165) is 18.5 Å². The average molecular weight is 289 g/mol. The van der Waals surface area contributed by atoms with Crippen LogP contribution >= 0.6 is 0 Å². The summed E-state index contributed by atoms with van der Waals surface area (Å²) in [5, 5.41) is 15.7. The molecule has 2 aromatic heterocycles. The lowest BCUT2D eigenvalue weighted by Gasteiger charge is -2.12. The lowest BCUT2D eigenvalue weighted by molar-refractivity contribution is -0.139. The van der Waals surface area contributed by atoms with Crippen molar-refractivity contribution >= 4 is 17.7 Å². The summed E-state index contributed by atoms with van der Waals surface area (Å²) in [6.07, 6.45) is 4.07. The molecule has 1 amide bonds. The third-order valence-electron chi connectivity index (χ3n) is 3.50. The van der Waals surface area contributed by atoms with Crippen LogP contribution in [0, 0.1) is 12.8 Å². The van der Waals surface area contributed by atoms with E-state index < -0.39 is 17.9 Å². The van der Waals surface area contributed by atoms with Crippen molar-refractivity contribution in [1.82, 2.24) is 24.9 Å². The van der Waals surface area contributed by atoms with E-state index in [1.165, 1.54) is 4.52 Å². The summed E-state index contributed by atoms with van der Waals surface area (Å²) in [5.74, 6) is -0.987. The normalized spacial score (nSPS) is 15.9. The summed E-state index contributed by atoms with van der Waals surface area (Å²) in [7, 11) is 0. The predicted molar refractivity (Wildman–Crippen MR) is 71.8 cm³/mol. The molecule has 1 unspecified atom stereocenters. The minimum atomic E-state index is -1.03. The molecule has 2 N–H and O–H groups in total. The summed E-state index contributed by atoms with van der Waals surface area (Å²) in [6.45, 7) is 1.82. The summed E-state index contributed by atoms with van der Waals surface area (Å²) in [4.78, 5) is 31.3. The van der Waals surface area contributed by atoms with Crippen LogP contribution < -0.4 is 5.32 Å². The molecular formula is C13H15N5O3. The van der Waals surface area contributed by atoms with Crippen LogP contribution in [-0.2, 0) is 4.79 Å². The van der Waals surface area contributed by atoms with Crippen LogP contribution in [0.2, 0.25) is 0 Å². The quantitative estimate of drug-likeness (QED) is 0.825. The van der Waals surface area contributed by atoms with Gasteiger partial charge in [0.15, 0.2) is 0 Å². The van der Waals surface area contributed by atoms with Crippen LogP contribution in [0.3, 0.4) is 0 Å². The Hall–Kier alpha value is -2.51. The maximum absolute atomic E-state index is 12.1. The van der Waals surface area contributed by atoms with E-state index in [0.29, 0.717) is 18.1 Å². The molecule has 0 aromatic carbocycles. The van der Waals surface area contributed by atoms with Gasteiger partial charge in [0.25, 0.3) is 11.7 Å². The first-order chi connectivity index (χ1) is 10.0. The van der Waals surface area contributed by atoms with Gasteiger partial charge in [-0.1, -0.05) is 12.8 Å². The van der Waals surface area contributed by atoms with E-state index >= 15 is 0 Å². The topological polar surface area (TPSA) is 109 Å². The van der Waals surface area contributed by atoms with Gasteiger partial charge in [-0.2, -0.15) is 4.98 Å². The fourth-order valence-electron chi connectivity index (χ4n) is 2.13. The molecule has 8 heteroatoms. The number of aliphatic carboxylic acids is 1. The van der Waals surface area contributed by atoms with Crippen LogP contribution in [0.4, 0.5) is 0 Å². The Morgan fingerprint density at radius 2 is 2.29 bits per heavy atom. The van der Waals surface area contributed by atoms with Crippen molar-refractivity contribution < 1.29 is 14.7 Å². The number of carbonyl (C=O) groups is 2. The van der Waals surface area contributed by atoms with Crippen LogP contribution in [0.5, 0.6) is 0 Å². The van der Waals surface area contributed by atoms with E-state index in [1.807, 2.05) is 6.92 Å². The van der Waals surface area contributed by atoms with E-state index in [-0.39, 0.29) is 5.82 Å². The van der Waals surface area contributed by atoms with Crippen LogP contribution in [-0.4, -0.2) is 42.6 Å². The molecular weight excluding hydrogens is 274 g/mol. The molecule has 1 fully saturated rings. The number of hydrogen-bond donors (Lipinski definition) is 2. The van der Waals surface area contributed by atoms with Gasteiger partial charge in [-0.25, -0.2) is 14.3 Å². The molecule has 1 atom stereocenters. The maximum Gasteiger partial charge on any atom is 0.326 e. The van der Waals surface area contributed by atoms with Crippen molar-refractivity contribution in [3.63, 3.8) is 0 Å². The Morgan fingerprint density at radius 1 is 1.52 bits per heavy atom. The minimum Gasteiger partial charge on any atom is -0.480 e. The molecule has 110 valence electrons. The average Bonchev–Trinajstić information content (AvgIpc) is 3.13. The number of nitrogens with one attached hydrogen (secondary N) is 1. The monoisotopic (exact) mass is 289 g/mol. The second-order valence-electron chi connectivity index (χ2n) is 5.28. The fraction of sp³-hybridized carbons (Fsp3) is 0.462. The molecule has 21 heavy (non-hydrogen) atoms. The van der Waals surface area contributed by atoms with Crippen molar-refractivity contribution in [3.05, 3.63) is 23.8 Å². The van der Waals surface area contributed by atoms with Gasteiger partial charge in [-0.15, -0.1) is 5.10 Å². The highest BCUT2D eigenvalue weighted by Crippen LogP contribution is 2.33. The van der Waals surface area contributed by atoms with Gasteiger partial charge < -0.3 is 10.4 Å². The largest absolute Gasteiger partial charge is 0.480 e. The number of nitrogens with zero attached hydrogens (tertiary/aromatic N) is 4. The van der Waals surface area contributed by atoms with Gasteiger partial charge >= 0.3 is 5.97 Å². The second-order valence-corrected chi connectivity index (χ2v) is 5.28. The number of hydrogen-bond acceptors (Lipinski definition) is 5. The Morgan fingerprint density at radius 3 is 2.90 bits per heavy atom. The first-order valence-corrected chi connectivity index (χ1v) is 6.76. The molecule has 8 nitrogen and oxygen atoms in total. The van der Waals surface area contributed by atoms with Crippen molar-refractivity contribution in [3.8, 4) is 0 Å². The summed E-state index contributed by atoms with van der Waals surface area (Å²) < 4.78 is 1.45. The number of carbonyl (C=O) groups excluding carboxylic acids is 1. The highest BCUT2D eigenvalue weighted by molar-refractivity contribution is 5.93. The number of fused-ring (bicyclic) bond motifs is 1. The standard InChI is InChI=1S/C13H15N5O3/c1-7-4-5-14-13-16-10(17-18(7)13)11(19)15-9(12(20)21)6-8-2-3-8/h4-5,8-9H,2-3,6H2,1H3,(H,15,19)(H,20,21). The summed E-state index contributed by atoms with van der Waals surface area (Å²) in [5.41, 5.74) is 0.791. The van der Waals surface area contributed by atoms with Crippen molar-refractivity contribution in [2.75, 3.05) is 0 Å². The van der Waals surface area contributed by atoms with E-state index in [1.54, 1.807) is 12.3 Å². The first kappa shape index (κ1) is 13.5. The number of carboxylic acids is 1. The van der Waals surface area contributed by atoms with E-state index in [4.69, 9.17) is 5.11 Å². The fourth-order valence-corrected chi connectivity index (χ4v) is 2.13. The van der Waals surface area contributed by atoms with Crippen LogP contribution in [0.1, 0.15) is 35.6 Å². The Labute approximate surface area is 120 Å². The molecule has 2 aromatic rings. The zero-order valence-electron chi connectivity index (χ0n) is 11.5. The first-order valence-electron chi connectivity index (χ1n) is 6.76. The zero-order valence-corrected chi connectivity index (χ0v) is 11.5. The Bertz CT molecular complexity index is 707. The molecule has 2 heterocycles. The zero-order chi connectivity index (χ0) is 15.0. The highest BCUT2D eigenvalue weighted by atomic mass is 16.4. The lowest BCUT2D eigenvalue weighted by atomic mass is 10.1. The van der Waals surface area contributed by atoms with Gasteiger partial charge in [-0.3, -0.25) is 4.79 Å². The number of aromatic nitrogens is 4.